The number of benzene rings is 2. The van der Waals surface area contributed by atoms with Crippen LogP contribution >= 0.6 is 0 Å². The Kier molecular flexibility index (Phi) is 10.7. The number of halogens is 3. The van der Waals surface area contributed by atoms with E-state index in [1.54, 1.807) is 11.2 Å². The van der Waals surface area contributed by atoms with Crippen molar-refractivity contribution in [1.29, 1.82) is 0 Å². The lowest BCUT2D eigenvalue weighted by Gasteiger charge is -2.31. The van der Waals surface area contributed by atoms with E-state index >= 15 is 0 Å². The van der Waals surface area contributed by atoms with Crippen molar-refractivity contribution in [3.05, 3.63) is 58.8 Å². The normalized spacial score (nSPS) is 18.0. The Morgan fingerprint density at radius 2 is 1.76 bits per heavy atom. The fourth-order valence-corrected chi connectivity index (χ4v) is 7.28. The van der Waals surface area contributed by atoms with Crippen molar-refractivity contribution >= 4 is 32.8 Å². The van der Waals surface area contributed by atoms with Crippen LogP contribution < -0.4 is 11.1 Å². The van der Waals surface area contributed by atoms with Crippen LogP contribution in [0, 0.1) is 5.92 Å². The molecule has 1 atom stereocenters. The number of rotatable bonds is 8. The number of nitrogens with two attached hydrogens (primary N) is 1. The van der Waals surface area contributed by atoms with Crippen LogP contribution in [0.3, 0.4) is 0 Å². The summed E-state index contributed by atoms with van der Waals surface area (Å²) in [5.74, 6) is -2.28. The summed E-state index contributed by atoms with van der Waals surface area (Å²) < 4.78 is 58.0. The number of primary amides is 1. The Bertz CT molecular complexity index is 1640. The molecule has 2 heterocycles. The third-order valence-corrected chi connectivity index (χ3v) is 10.4. The lowest BCUT2D eigenvalue weighted by Crippen LogP contribution is -2.38. The first-order valence-corrected chi connectivity index (χ1v) is 16.8. The SMILES string of the molecule is CCS(=O)(=O)N1CCC(c2c[nH]c3c(C(N)=O)cc(-c4ccc5c(c4)C(NCC(C)C)CCC5)cc23)CC1.O=C(O)C(F)(F)F. The van der Waals surface area contributed by atoms with E-state index in [0.717, 1.165) is 59.8 Å². The van der Waals surface area contributed by atoms with Gasteiger partial charge in [0.2, 0.25) is 10.0 Å². The van der Waals surface area contributed by atoms with E-state index in [9.17, 15) is 26.4 Å². The molecule has 1 fully saturated rings. The molecule has 1 unspecified atom stereocenters. The van der Waals surface area contributed by atoms with Gasteiger partial charge >= 0.3 is 12.1 Å². The second kappa shape index (κ2) is 13.9. The lowest BCUT2D eigenvalue weighted by atomic mass is 9.84. The van der Waals surface area contributed by atoms with Crippen LogP contribution in [0.4, 0.5) is 13.2 Å². The van der Waals surface area contributed by atoms with E-state index < -0.39 is 28.1 Å². The van der Waals surface area contributed by atoms with Crippen molar-refractivity contribution in [2.45, 2.75) is 71.0 Å². The highest BCUT2D eigenvalue weighted by molar-refractivity contribution is 7.89. The molecule has 246 valence electrons. The van der Waals surface area contributed by atoms with Crippen molar-refractivity contribution in [2.75, 3.05) is 25.4 Å². The number of nitrogens with zero attached hydrogens (tertiary/aromatic N) is 1. The fourth-order valence-electron chi connectivity index (χ4n) is 6.15. The first-order chi connectivity index (χ1) is 21.1. The number of fused-ring (bicyclic) bond motifs is 2. The number of alkyl halides is 3. The summed E-state index contributed by atoms with van der Waals surface area (Å²) in [4.78, 5) is 24.7. The summed E-state index contributed by atoms with van der Waals surface area (Å²) in [6.45, 7) is 8.18. The maximum Gasteiger partial charge on any atom is 0.490 e. The number of carboxylic acids is 1. The average Bonchev–Trinajstić information content (AvgIpc) is 3.43. The molecule has 2 aliphatic rings. The van der Waals surface area contributed by atoms with Crippen LogP contribution in [-0.2, 0) is 21.2 Å². The molecule has 1 amide bonds. The number of aromatic amines is 1. The summed E-state index contributed by atoms with van der Waals surface area (Å²) in [5, 5.41) is 11.9. The van der Waals surface area contributed by atoms with Crippen LogP contribution in [0.1, 0.15) is 85.5 Å². The lowest BCUT2D eigenvalue weighted by molar-refractivity contribution is -0.192. The smallest absolute Gasteiger partial charge is 0.475 e. The molecular weight excluding hydrogens is 609 g/mol. The molecule has 9 nitrogen and oxygen atoms in total. The standard InChI is InChI=1S/C30H40N4O3S.C2HF3O2/c1-4-38(36,37)34-12-10-21(11-13-34)27-18-33-29-25(27)15-23(16-26(29)30(31)35)22-9-8-20-6-5-7-28(24(20)14-22)32-17-19(2)3;3-2(4,5)1(6)7/h8-9,14-16,18-19,21,28,32-33H,4-7,10-13,17H2,1-3H3,(H2,31,35);(H,6,7). The number of carbonyl (C=O) groups excluding carboxylic acids is 1. The predicted molar refractivity (Wildman–Crippen MR) is 167 cm³/mol. The second-order valence-corrected chi connectivity index (χ2v) is 14.3. The van der Waals surface area contributed by atoms with E-state index in [2.05, 4.69) is 48.4 Å². The van der Waals surface area contributed by atoms with Gasteiger partial charge in [0, 0.05) is 30.7 Å². The van der Waals surface area contributed by atoms with Crippen LogP contribution in [0.25, 0.3) is 22.0 Å². The van der Waals surface area contributed by atoms with Gasteiger partial charge in [0.15, 0.2) is 0 Å². The van der Waals surface area contributed by atoms with Crippen LogP contribution in [0.2, 0.25) is 0 Å². The Labute approximate surface area is 261 Å². The number of piperidine rings is 1. The molecule has 3 aromatic rings. The number of sulfonamides is 1. The molecular formula is C32H41F3N4O5S. The Morgan fingerprint density at radius 1 is 1.09 bits per heavy atom. The van der Waals surface area contributed by atoms with Gasteiger partial charge < -0.3 is 21.1 Å². The molecule has 13 heteroatoms. The van der Waals surface area contributed by atoms with E-state index in [-0.39, 0.29) is 11.7 Å². The highest BCUT2D eigenvalue weighted by Gasteiger charge is 2.38. The highest BCUT2D eigenvalue weighted by Crippen LogP contribution is 2.39. The van der Waals surface area contributed by atoms with Crippen molar-refractivity contribution in [3.8, 4) is 11.1 Å². The minimum Gasteiger partial charge on any atom is -0.475 e. The first-order valence-electron chi connectivity index (χ1n) is 15.2. The number of hydrogen-bond acceptors (Lipinski definition) is 5. The zero-order valence-corrected chi connectivity index (χ0v) is 26.5. The van der Waals surface area contributed by atoms with Crippen LogP contribution in [-0.4, -0.2) is 66.3 Å². The Balaban J connectivity index is 0.000000591. The molecule has 45 heavy (non-hydrogen) atoms. The van der Waals surface area contributed by atoms with Gasteiger partial charge in [-0.2, -0.15) is 13.2 Å². The number of amides is 1. The fraction of sp³-hybridized carbons (Fsp3) is 0.500. The van der Waals surface area contributed by atoms with E-state index in [4.69, 9.17) is 15.6 Å². The third-order valence-electron chi connectivity index (χ3n) is 8.55. The molecule has 1 saturated heterocycles. The molecule has 5 N–H and O–H groups in total. The van der Waals surface area contributed by atoms with E-state index in [1.165, 1.54) is 17.5 Å². The molecule has 1 aromatic heterocycles. The zero-order valence-electron chi connectivity index (χ0n) is 25.7. The molecule has 1 aliphatic carbocycles. The molecule has 0 bridgehead atoms. The molecule has 0 radical (unpaired) electrons. The van der Waals surface area contributed by atoms with Gasteiger partial charge in [-0.1, -0.05) is 26.0 Å². The van der Waals surface area contributed by atoms with Crippen LogP contribution in [0.5, 0.6) is 0 Å². The van der Waals surface area contributed by atoms with Crippen molar-refractivity contribution in [3.63, 3.8) is 0 Å². The highest BCUT2D eigenvalue weighted by atomic mass is 32.2. The summed E-state index contributed by atoms with van der Waals surface area (Å²) in [5.41, 5.74) is 13.1. The monoisotopic (exact) mass is 650 g/mol. The number of carboxylic acid groups (broad SMARTS) is 1. The number of hydrogen-bond donors (Lipinski definition) is 4. The molecule has 0 spiro atoms. The minimum atomic E-state index is -5.08. The topological polar surface area (TPSA) is 146 Å². The zero-order chi connectivity index (χ0) is 33.1. The summed E-state index contributed by atoms with van der Waals surface area (Å²) >= 11 is 0. The summed E-state index contributed by atoms with van der Waals surface area (Å²) in [6, 6.07) is 11.1. The number of aryl methyl sites for hydroxylation is 1. The maximum atomic E-state index is 12.5. The number of aliphatic carboxylic acids is 1. The van der Waals surface area contributed by atoms with E-state index in [1.807, 2.05) is 12.3 Å². The number of carbonyl (C=O) groups is 2. The maximum absolute atomic E-state index is 12.5. The Morgan fingerprint density at radius 3 is 2.33 bits per heavy atom. The van der Waals surface area contributed by atoms with Crippen molar-refractivity contribution < 1.29 is 36.3 Å². The van der Waals surface area contributed by atoms with E-state index in [0.29, 0.717) is 30.6 Å². The summed E-state index contributed by atoms with van der Waals surface area (Å²) in [7, 11) is -3.18. The van der Waals surface area contributed by atoms with Gasteiger partial charge in [-0.25, -0.2) is 17.5 Å². The van der Waals surface area contributed by atoms with Crippen LogP contribution in [0.15, 0.2) is 36.5 Å². The Hall–Kier alpha value is -3.42. The quantitative estimate of drug-likeness (QED) is 0.245. The molecule has 1 aliphatic heterocycles. The second-order valence-electron chi connectivity index (χ2n) is 12.1. The van der Waals surface area contributed by atoms with Gasteiger partial charge in [-0.3, -0.25) is 4.79 Å². The van der Waals surface area contributed by atoms with Gasteiger partial charge in [0.1, 0.15) is 0 Å². The van der Waals surface area contributed by atoms with Gasteiger partial charge in [0.05, 0.1) is 16.8 Å². The average molecular weight is 651 g/mol. The predicted octanol–water partition coefficient (Wildman–Crippen LogP) is 5.72. The molecule has 2 aromatic carbocycles. The summed E-state index contributed by atoms with van der Waals surface area (Å²) in [6.07, 6.45) is 1.81. The molecule has 0 saturated carbocycles. The molecule has 5 rings (SSSR count). The number of H-pyrrole nitrogens is 1. The third kappa shape index (κ3) is 8.06. The first kappa shape index (κ1) is 34.5. The number of nitrogens with one attached hydrogen (secondary N) is 2. The van der Waals surface area contributed by atoms with Gasteiger partial charge in [-0.05, 0) is 103 Å². The van der Waals surface area contributed by atoms with Gasteiger partial charge in [-0.15, -0.1) is 0 Å². The largest absolute Gasteiger partial charge is 0.490 e. The number of aromatic nitrogens is 1. The van der Waals surface area contributed by atoms with Gasteiger partial charge in [0.25, 0.3) is 5.91 Å². The minimum absolute atomic E-state index is 0.130. The van der Waals surface area contributed by atoms with Crippen molar-refractivity contribution in [2.24, 2.45) is 11.7 Å². The van der Waals surface area contributed by atoms with Crippen molar-refractivity contribution in [1.82, 2.24) is 14.6 Å².